The lowest BCUT2D eigenvalue weighted by atomic mass is 9.78. The Morgan fingerprint density at radius 1 is 1.08 bits per heavy atom. The number of benzene rings is 2. The van der Waals surface area contributed by atoms with Crippen molar-refractivity contribution in [1.29, 1.82) is 0 Å². The fraction of sp³-hybridized carbons (Fsp3) is 0.405. The normalized spacial score (nSPS) is 21.4. The van der Waals surface area contributed by atoms with Crippen LogP contribution in [0.1, 0.15) is 69.7 Å². The fourth-order valence-electron chi connectivity index (χ4n) is 7.01. The second-order valence-electron chi connectivity index (χ2n) is 14.5. The molecule has 4 bridgehead atoms. The van der Waals surface area contributed by atoms with Gasteiger partial charge in [-0.15, -0.1) is 0 Å². The van der Waals surface area contributed by atoms with E-state index in [-0.39, 0.29) is 45.5 Å². The minimum absolute atomic E-state index is 0.0101. The first-order chi connectivity index (χ1) is 24.0. The van der Waals surface area contributed by atoms with Gasteiger partial charge in [0, 0.05) is 41.2 Å². The zero-order valence-corrected chi connectivity index (χ0v) is 30.8. The maximum atomic E-state index is 15.8. The molecule has 3 aromatic heterocycles. The molecular weight excluding hydrogens is 697 g/mol. The number of nitrogens with zero attached hydrogens (tertiary/aromatic N) is 4. The summed E-state index contributed by atoms with van der Waals surface area (Å²) in [6, 6.07) is 12.2. The van der Waals surface area contributed by atoms with Gasteiger partial charge < -0.3 is 10.1 Å². The molecule has 14 heteroatoms. The average Bonchev–Trinajstić information content (AvgIpc) is 3.69. The molecule has 1 aliphatic rings. The van der Waals surface area contributed by atoms with E-state index in [9.17, 15) is 22.5 Å². The molecule has 5 aromatic rings. The first-order valence-corrected chi connectivity index (χ1v) is 19.8. The van der Waals surface area contributed by atoms with Crippen LogP contribution >= 0.6 is 0 Å². The lowest BCUT2D eigenvalue weighted by Gasteiger charge is -2.30. The number of H-pyrrole nitrogens is 1. The second kappa shape index (κ2) is 13.7. The van der Waals surface area contributed by atoms with E-state index in [1.165, 1.54) is 22.9 Å². The summed E-state index contributed by atoms with van der Waals surface area (Å²) < 4.78 is 74.5. The highest BCUT2D eigenvalue weighted by atomic mass is 32.2. The number of nitrogens with one attached hydrogen (secondary N) is 1. The van der Waals surface area contributed by atoms with E-state index < -0.39 is 55.0 Å². The zero-order valence-electron chi connectivity index (χ0n) is 29.2. The highest BCUT2D eigenvalue weighted by molar-refractivity contribution is 7.91. The number of hydrogen-bond acceptors (Lipinski definition) is 7. The monoisotopic (exact) mass is 737 g/mol. The molecule has 0 saturated carbocycles. The lowest BCUT2D eigenvalue weighted by molar-refractivity contribution is -0.141. The summed E-state index contributed by atoms with van der Waals surface area (Å²) >= 11 is 0. The Hall–Kier alpha value is -4.30. The molecule has 0 radical (unpaired) electrons. The first kappa shape index (κ1) is 36.5. The minimum atomic E-state index is -3.67. The van der Waals surface area contributed by atoms with Crippen molar-refractivity contribution in [2.75, 3.05) is 11.5 Å². The first-order valence-electron chi connectivity index (χ1n) is 16.8. The smallest absolute Gasteiger partial charge is 0.306 e. The second-order valence-corrected chi connectivity index (χ2v) is 18.1. The van der Waals surface area contributed by atoms with Crippen LogP contribution in [0.3, 0.4) is 0 Å². The Kier molecular flexibility index (Phi) is 9.79. The molecule has 51 heavy (non-hydrogen) atoms. The molecule has 2 aromatic carbocycles. The van der Waals surface area contributed by atoms with Crippen LogP contribution in [0.2, 0.25) is 0 Å². The predicted octanol–water partition coefficient (Wildman–Crippen LogP) is 6.54. The SMILES string of the molecule is C[C@H](Cc1cccc(C2(C)CCCC(C)(C)CS(=O)(=O)CCc3c(c(F)cc4[nH]ccc34)S(=O)c3ccc(F)c(c3)-c3nc2nn3C)n1)C(=O)O. The number of carbonyl (C=O) groups is 1. The topological polar surface area (TPSA) is 148 Å². The number of hydrogen-bond donors (Lipinski definition) is 2. The number of carboxylic acid groups (broad SMARTS) is 1. The summed E-state index contributed by atoms with van der Waals surface area (Å²) in [4.78, 5) is 24.2. The molecule has 4 heterocycles. The van der Waals surface area contributed by atoms with Gasteiger partial charge in [0.15, 0.2) is 21.5 Å². The van der Waals surface area contributed by atoms with Gasteiger partial charge in [-0.25, -0.2) is 31.1 Å². The highest BCUT2D eigenvalue weighted by Gasteiger charge is 2.37. The molecule has 0 aliphatic carbocycles. The fourth-order valence-corrected chi connectivity index (χ4v) is 10.3. The lowest BCUT2D eigenvalue weighted by Crippen LogP contribution is -2.30. The molecule has 0 saturated heterocycles. The van der Waals surface area contributed by atoms with Crippen LogP contribution in [-0.4, -0.2) is 59.9 Å². The predicted molar refractivity (Wildman–Crippen MR) is 191 cm³/mol. The number of halogens is 2. The zero-order chi connectivity index (χ0) is 36.9. The molecule has 0 fully saturated rings. The number of sulfone groups is 1. The van der Waals surface area contributed by atoms with Crippen molar-refractivity contribution in [2.45, 2.75) is 75.0 Å². The van der Waals surface area contributed by atoms with Crippen molar-refractivity contribution in [2.24, 2.45) is 18.4 Å². The number of fused-ring (bicyclic) bond motifs is 8. The van der Waals surface area contributed by atoms with Crippen molar-refractivity contribution >= 4 is 37.5 Å². The highest BCUT2D eigenvalue weighted by Crippen LogP contribution is 2.39. The Morgan fingerprint density at radius 2 is 1.84 bits per heavy atom. The van der Waals surface area contributed by atoms with Gasteiger partial charge >= 0.3 is 5.97 Å². The van der Waals surface area contributed by atoms with Gasteiger partial charge in [0.25, 0.3) is 0 Å². The summed E-state index contributed by atoms with van der Waals surface area (Å²) in [5, 5.41) is 14.8. The molecule has 2 unspecified atom stereocenters. The van der Waals surface area contributed by atoms with Crippen LogP contribution in [0.25, 0.3) is 22.3 Å². The molecule has 270 valence electrons. The van der Waals surface area contributed by atoms with Gasteiger partial charge in [-0.1, -0.05) is 33.3 Å². The number of carboxylic acids is 1. The summed E-state index contributed by atoms with van der Waals surface area (Å²) in [5.41, 5.74) is 0.369. The van der Waals surface area contributed by atoms with E-state index >= 15 is 8.78 Å². The van der Waals surface area contributed by atoms with Gasteiger partial charge in [0.05, 0.1) is 49.8 Å². The van der Waals surface area contributed by atoms with Crippen molar-refractivity contribution < 1.29 is 31.3 Å². The maximum absolute atomic E-state index is 15.8. The van der Waals surface area contributed by atoms with Crippen LogP contribution in [-0.2, 0) is 50.7 Å². The van der Waals surface area contributed by atoms with E-state index in [4.69, 9.17) is 15.1 Å². The van der Waals surface area contributed by atoms with Crippen molar-refractivity contribution in [3.8, 4) is 11.4 Å². The Bertz CT molecular complexity index is 2280. The molecule has 6 rings (SSSR count). The third kappa shape index (κ3) is 7.39. The molecule has 1 aliphatic heterocycles. The Labute approximate surface area is 298 Å². The van der Waals surface area contributed by atoms with Crippen LogP contribution < -0.4 is 0 Å². The number of pyridine rings is 1. The molecule has 0 spiro atoms. The molecule has 2 N–H and O–H groups in total. The van der Waals surface area contributed by atoms with Gasteiger partial charge in [0.1, 0.15) is 11.6 Å². The van der Waals surface area contributed by atoms with Crippen LogP contribution in [0, 0.1) is 23.0 Å². The quantitative estimate of drug-likeness (QED) is 0.211. The third-order valence-corrected chi connectivity index (χ3v) is 13.4. The molecule has 10 nitrogen and oxygen atoms in total. The summed E-state index contributed by atoms with van der Waals surface area (Å²) in [6.45, 7) is 7.32. The number of aromatic nitrogens is 5. The van der Waals surface area contributed by atoms with Crippen molar-refractivity contribution in [3.63, 3.8) is 0 Å². The van der Waals surface area contributed by atoms with E-state index in [1.807, 2.05) is 26.8 Å². The summed E-state index contributed by atoms with van der Waals surface area (Å²) in [7, 11) is -4.20. The number of aromatic amines is 1. The van der Waals surface area contributed by atoms with E-state index in [0.717, 1.165) is 6.07 Å². The van der Waals surface area contributed by atoms with Gasteiger partial charge in [-0.2, -0.15) is 5.10 Å². The Balaban J connectivity index is 1.53. The minimum Gasteiger partial charge on any atom is -0.481 e. The third-order valence-electron chi connectivity index (χ3n) is 9.81. The van der Waals surface area contributed by atoms with Crippen molar-refractivity contribution in [1.82, 2.24) is 24.7 Å². The van der Waals surface area contributed by atoms with Crippen molar-refractivity contribution in [3.05, 3.63) is 89.1 Å². The van der Waals surface area contributed by atoms with E-state index in [1.54, 1.807) is 38.4 Å². The van der Waals surface area contributed by atoms with Crippen LogP contribution in [0.4, 0.5) is 8.78 Å². The number of aliphatic carboxylic acids is 1. The van der Waals surface area contributed by atoms with E-state index in [2.05, 4.69) is 4.98 Å². The number of aryl methyl sites for hydroxylation is 2. The average molecular weight is 738 g/mol. The summed E-state index contributed by atoms with van der Waals surface area (Å²) in [6.07, 6.45) is 3.30. The van der Waals surface area contributed by atoms with Gasteiger partial charge in [0.2, 0.25) is 0 Å². The van der Waals surface area contributed by atoms with Crippen LogP contribution in [0.5, 0.6) is 0 Å². The summed E-state index contributed by atoms with van der Waals surface area (Å²) in [5.74, 6) is -2.91. The standard InChI is InChI=1S/C37H41F2N5O5S2/c1-22(34(45)46)18-23-8-6-9-31(41-23)37(4)15-7-14-36(2,3)21-51(48,49)17-13-26-25-12-16-40-30(25)20-29(39)32(26)50(47)24-10-11-28(38)27(19-24)33-42-35(37)43-44(33)5/h6,8-12,16,19-20,22,40H,7,13-15,17-18,21H2,1-5H3,(H,45,46)/t22-,37?,50?/m1/s1. The Morgan fingerprint density at radius 3 is 2.59 bits per heavy atom. The number of rotatable bonds is 4. The molecular formula is C37H41F2N5O5S2. The van der Waals surface area contributed by atoms with Gasteiger partial charge in [-0.3, -0.25) is 9.78 Å². The van der Waals surface area contributed by atoms with Crippen LogP contribution in [0.15, 0.2) is 64.5 Å². The molecule has 0 amide bonds. The van der Waals surface area contributed by atoms with E-state index in [0.29, 0.717) is 52.9 Å². The molecule has 3 atom stereocenters. The van der Waals surface area contributed by atoms with Gasteiger partial charge in [-0.05, 0) is 79.6 Å². The maximum Gasteiger partial charge on any atom is 0.306 e. The largest absolute Gasteiger partial charge is 0.481 e.